The number of nitrogens with zero attached hydrogens (tertiary/aromatic N) is 1. The highest BCUT2D eigenvalue weighted by molar-refractivity contribution is 7.92. The van der Waals surface area contributed by atoms with Crippen LogP contribution < -0.4 is 9.62 Å². The lowest BCUT2D eigenvalue weighted by atomic mass is 9.89. The Morgan fingerprint density at radius 1 is 0.939 bits per heavy atom. The molecule has 5 nitrogen and oxygen atoms in total. The van der Waals surface area contributed by atoms with Gasteiger partial charge in [0.1, 0.15) is 0 Å². The summed E-state index contributed by atoms with van der Waals surface area (Å²) in [5, 5.41) is 3.52. The predicted octanol–water partition coefficient (Wildman–Crippen LogP) is 5.53. The van der Waals surface area contributed by atoms with Crippen molar-refractivity contribution in [1.82, 2.24) is 5.32 Å². The molecule has 0 spiro atoms. The molecule has 1 aliphatic rings. The first-order valence-corrected chi connectivity index (χ1v) is 12.8. The molecule has 0 saturated heterocycles. The fourth-order valence-corrected chi connectivity index (χ4v) is 5.43. The average Bonchev–Trinajstić information content (AvgIpc) is 2.83. The van der Waals surface area contributed by atoms with Gasteiger partial charge in [-0.05, 0) is 97.8 Å². The van der Waals surface area contributed by atoms with Gasteiger partial charge < -0.3 is 5.32 Å². The minimum absolute atomic E-state index is 0.127. The van der Waals surface area contributed by atoms with Crippen molar-refractivity contribution in [2.45, 2.75) is 43.5 Å². The van der Waals surface area contributed by atoms with Crippen molar-refractivity contribution in [1.29, 1.82) is 0 Å². The molecular weight excluding hydrogens is 456 g/mol. The zero-order chi connectivity index (χ0) is 23.6. The molecule has 1 atom stereocenters. The molecule has 0 aliphatic heterocycles. The summed E-state index contributed by atoms with van der Waals surface area (Å²) in [5.41, 5.74) is 4.82. The average molecular weight is 483 g/mol. The first-order chi connectivity index (χ1) is 15.8. The highest BCUT2D eigenvalue weighted by Gasteiger charge is 2.22. The van der Waals surface area contributed by atoms with Gasteiger partial charge in [-0.15, -0.1) is 0 Å². The standard InChI is InChI=1S/C26H27ClN2O3S/c1-18(21-8-7-19-5-3-4-6-22(19)17-21)28-26(30)20-9-13-24(14-10-20)29(2)33(31,32)25-15-11-23(27)12-16-25/h7-18H,3-6H2,1-2H3,(H,28,30)/t18-/m1/s1. The van der Waals surface area contributed by atoms with Gasteiger partial charge in [-0.3, -0.25) is 9.10 Å². The first-order valence-electron chi connectivity index (χ1n) is 11.0. The molecule has 0 bridgehead atoms. The van der Waals surface area contributed by atoms with Gasteiger partial charge in [0.05, 0.1) is 16.6 Å². The van der Waals surface area contributed by atoms with E-state index in [1.54, 1.807) is 36.4 Å². The van der Waals surface area contributed by atoms with Crippen molar-refractivity contribution in [3.05, 3.63) is 94.0 Å². The number of carbonyl (C=O) groups excluding carboxylic acids is 1. The molecule has 0 fully saturated rings. The number of rotatable bonds is 6. The van der Waals surface area contributed by atoms with Crippen LogP contribution in [0.25, 0.3) is 0 Å². The van der Waals surface area contributed by atoms with Crippen molar-refractivity contribution in [2.75, 3.05) is 11.4 Å². The van der Waals surface area contributed by atoms with Crippen LogP contribution in [-0.4, -0.2) is 21.4 Å². The Kier molecular flexibility index (Phi) is 6.77. The molecule has 0 radical (unpaired) electrons. The van der Waals surface area contributed by atoms with Crippen LogP contribution in [0.4, 0.5) is 5.69 Å². The number of nitrogens with one attached hydrogen (secondary N) is 1. The van der Waals surface area contributed by atoms with E-state index in [1.165, 1.54) is 47.5 Å². The topological polar surface area (TPSA) is 66.5 Å². The maximum absolute atomic E-state index is 12.9. The molecule has 0 unspecified atom stereocenters. The van der Waals surface area contributed by atoms with Crippen LogP contribution in [0.3, 0.4) is 0 Å². The number of anilines is 1. The largest absolute Gasteiger partial charge is 0.346 e. The molecule has 172 valence electrons. The minimum Gasteiger partial charge on any atom is -0.346 e. The second-order valence-corrected chi connectivity index (χ2v) is 10.8. The number of fused-ring (bicyclic) bond motifs is 1. The smallest absolute Gasteiger partial charge is 0.264 e. The second-order valence-electron chi connectivity index (χ2n) is 8.40. The Morgan fingerprint density at radius 2 is 1.58 bits per heavy atom. The summed E-state index contributed by atoms with van der Waals surface area (Å²) in [5.74, 6) is -0.199. The molecular formula is C26H27ClN2O3S. The molecule has 0 aromatic heterocycles. The number of carbonyl (C=O) groups is 1. The van der Waals surface area contributed by atoms with Gasteiger partial charge in [-0.25, -0.2) is 8.42 Å². The van der Waals surface area contributed by atoms with Gasteiger partial charge in [0.15, 0.2) is 0 Å². The van der Waals surface area contributed by atoms with E-state index in [9.17, 15) is 13.2 Å². The number of hydrogen-bond donors (Lipinski definition) is 1. The summed E-state index contributed by atoms with van der Waals surface area (Å²) in [7, 11) is -2.25. The third kappa shape index (κ3) is 5.07. The van der Waals surface area contributed by atoms with E-state index >= 15 is 0 Å². The van der Waals surface area contributed by atoms with Crippen molar-refractivity contribution in [3.63, 3.8) is 0 Å². The van der Waals surface area contributed by atoms with Crippen LogP contribution in [0.2, 0.25) is 5.02 Å². The zero-order valence-corrected chi connectivity index (χ0v) is 20.3. The Morgan fingerprint density at radius 3 is 2.24 bits per heavy atom. The highest BCUT2D eigenvalue weighted by Crippen LogP contribution is 2.26. The number of aryl methyl sites for hydroxylation is 2. The van der Waals surface area contributed by atoms with Crippen LogP contribution in [0, 0.1) is 0 Å². The molecule has 3 aromatic carbocycles. The fourth-order valence-electron chi connectivity index (χ4n) is 4.11. The number of amides is 1. The van der Waals surface area contributed by atoms with Gasteiger partial charge in [-0.2, -0.15) is 0 Å². The SMILES string of the molecule is C[C@@H](NC(=O)c1ccc(N(C)S(=O)(=O)c2ccc(Cl)cc2)cc1)c1ccc2c(c1)CCCC2. The lowest BCUT2D eigenvalue weighted by molar-refractivity contribution is 0.0940. The van der Waals surface area contributed by atoms with E-state index in [4.69, 9.17) is 11.6 Å². The minimum atomic E-state index is -3.73. The lowest BCUT2D eigenvalue weighted by Gasteiger charge is -2.21. The summed E-state index contributed by atoms with van der Waals surface area (Å²) in [6, 6.07) is 18.9. The fraction of sp³-hybridized carbons (Fsp3) is 0.269. The van der Waals surface area contributed by atoms with Crippen molar-refractivity contribution >= 4 is 33.2 Å². The second kappa shape index (κ2) is 9.57. The van der Waals surface area contributed by atoms with Gasteiger partial charge in [0.2, 0.25) is 0 Å². The molecule has 7 heteroatoms. The molecule has 33 heavy (non-hydrogen) atoms. The van der Waals surface area contributed by atoms with Gasteiger partial charge in [0, 0.05) is 17.6 Å². The molecule has 0 heterocycles. The Balaban J connectivity index is 1.45. The molecule has 1 aliphatic carbocycles. The summed E-state index contributed by atoms with van der Waals surface area (Å²) in [6.07, 6.45) is 4.68. The molecule has 3 aromatic rings. The Labute approximate surface area is 200 Å². The third-order valence-electron chi connectivity index (χ3n) is 6.19. The van der Waals surface area contributed by atoms with Crippen LogP contribution >= 0.6 is 11.6 Å². The van der Waals surface area contributed by atoms with Crippen LogP contribution in [0.15, 0.2) is 71.6 Å². The molecule has 0 saturated carbocycles. The molecule has 1 N–H and O–H groups in total. The Bertz CT molecular complexity index is 1260. The van der Waals surface area contributed by atoms with Crippen molar-refractivity contribution in [3.8, 4) is 0 Å². The number of halogens is 1. The summed E-state index contributed by atoms with van der Waals surface area (Å²) in [6.45, 7) is 1.98. The first kappa shape index (κ1) is 23.3. The van der Waals surface area contributed by atoms with Crippen LogP contribution in [0.1, 0.15) is 52.9 Å². The summed E-state index contributed by atoms with van der Waals surface area (Å²) >= 11 is 5.87. The number of sulfonamides is 1. The normalized spacial score (nSPS) is 14.3. The van der Waals surface area contributed by atoms with Crippen LogP contribution in [0.5, 0.6) is 0 Å². The maximum atomic E-state index is 12.9. The zero-order valence-electron chi connectivity index (χ0n) is 18.7. The maximum Gasteiger partial charge on any atom is 0.264 e. The lowest BCUT2D eigenvalue weighted by Crippen LogP contribution is -2.28. The number of benzene rings is 3. The van der Waals surface area contributed by atoms with E-state index in [2.05, 4.69) is 23.5 Å². The van der Waals surface area contributed by atoms with Crippen LogP contribution in [-0.2, 0) is 22.9 Å². The molecule has 1 amide bonds. The van der Waals surface area contributed by atoms with E-state index in [1.807, 2.05) is 6.92 Å². The number of hydrogen-bond acceptors (Lipinski definition) is 3. The summed E-state index contributed by atoms with van der Waals surface area (Å²) < 4.78 is 26.9. The van der Waals surface area contributed by atoms with E-state index in [0.29, 0.717) is 16.3 Å². The quantitative estimate of drug-likeness (QED) is 0.502. The predicted molar refractivity (Wildman–Crippen MR) is 132 cm³/mol. The van der Waals surface area contributed by atoms with Gasteiger partial charge >= 0.3 is 0 Å². The van der Waals surface area contributed by atoms with E-state index in [-0.39, 0.29) is 16.8 Å². The van der Waals surface area contributed by atoms with Gasteiger partial charge in [-0.1, -0.05) is 29.8 Å². The van der Waals surface area contributed by atoms with E-state index in [0.717, 1.165) is 18.4 Å². The van der Waals surface area contributed by atoms with Crippen molar-refractivity contribution < 1.29 is 13.2 Å². The van der Waals surface area contributed by atoms with Crippen molar-refractivity contribution in [2.24, 2.45) is 0 Å². The summed E-state index contributed by atoms with van der Waals surface area (Å²) in [4.78, 5) is 12.9. The Hall–Kier alpha value is -2.83. The van der Waals surface area contributed by atoms with Gasteiger partial charge in [0.25, 0.3) is 15.9 Å². The highest BCUT2D eigenvalue weighted by atomic mass is 35.5. The van der Waals surface area contributed by atoms with E-state index < -0.39 is 10.0 Å². The molecule has 4 rings (SSSR count). The monoisotopic (exact) mass is 482 g/mol. The third-order valence-corrected chi connectivity index (χ3v) is 8.24.